The van der Waals surface area contributed by atoms with E-state index in [0.29, 0.717) is 12.0 Å². The minimum absolute atomic E-state index is 0.0485. The van der Waals surface area contributed by atoms with Crippen molar-refractivity contribution in [3.05, 3.63) is 81.1 Å². The summed E-state index contributed by atoms with van der Waals surface area (Å²) in [5.41, 5.74) is -2.40. The van der Waals surface area contributed by atoms with Gasteiger partial charge in [-0.3, -0.25) is 14.4 Å². The van der Waals surface area contributed by atoms with Gasteiger partial charge in [-0.05, 0) is 73.4 Å². The van der Waals surface area contributed by atoms with Crippen molar-refractivity contribution >= 4 is 29.2 Å². The van der Waals surface area contributed by atoms with Gasteiger partial charge in [-0.15, -0.1) is 0 Å². The highest BCUT2D eigenvalue weighted by Crippen LogP contribution is 2.65. The molecule has 3 aliphatic rings. The van der Waals surface area contributed by atoms with E-state index in [1.165, 1.54) is 6.07 Å². The predicted molar refractivity (Wildman–Crippen MR) is 166 cm³/mol. The maximum Gasteiger partial charge on any atom is 0.203 e. The summed E-state index contributed by atoms with van der Waals surface area (Å²) in [6.07, 6.45) is 4.75. The number of allylic oxidation sites excluding steroid dienone is 2. The van der Waals surface area contributed by atoms with Gasteiger partial charge in [0.1, 0.15) is 28.6 Å². The van der Waals surface area contributed by atoms with Gasteiger partial charge >= 0.3 is 0 Å². The number of ketones is 3. The fourth-order valence-electron chi connectivity index (χ4n) is 8.21. The fourth-order valence-corrected chi connectivity index (χ4v) is 8.21. The molecule has 44 heavy (non-hydrogen) atoms. The zero-order valence-corrected chi connectivity index (χ0v) is 26.2. The molecular weight excluding hydrogens is 560 g/mol. The molecule has 0 heterocycles. The molecular formula is C36H40O8. The number of hydrogen-bond donors (Lipinski definition) is 4. The number of aryl methyl sites for hydroxylation is 1. The van der Waals surface area contributed by atoms with Gasteiger partial charge in [-0.2, -0.15) is 0 Å². The molecule has 5 rings (SSSR count). The fraction of sp³-hybridized carbons (Fsp3) is 0.417. The van der Waals surface area contributed by atoms with Crippen LogP contribution in [0.25, 0.3) is 11.8 Å². The number of rotatable bonds is 6. The Morgan fingerprint density at radius 1 is 1.11 bits per heavy atom. The Hall–Kier alpha value is -4.17. The van der Waals surface area contributed by atoms with E-state index >= 15 is 0 Å². The van der Waals surface area contributed by atoms with Crippen molar-refractivity contribution in [3.8, 4) is 11.5 Å². The van der Waals surface area contributed by atoms with Crippen LogP contribution < -0.4 is 4.74 Å². The van der Waals surface area contributed by atoms with E-state index in [0.717, 1.165) is 29.4 Å². The van der Waals surface area contributed by atoms with Gasteiger partial charge in [0.15, 0.2) is 17.2 Å². The first-order chi connectivity index (χ1) is 20.5. The molecule has 4 N–H and O–H groups in total. The van der Waals surface area contributed by atoms with Crippen LogP contribution in [0.2, 0.25) is 0 Å². The molecule has 0 bridgehead atoms. The van der Waals surface area contributed by atoms with E-state index in [4.69, 9.17) is 4.74 Å². The summed E-state index contributed by atoms with van der Waals surface area (Å²) in [6.45, 7) is 10.0. The quantitative estimate of drug-likeness (QED) is 0.307. The van der Waals surface area contributed by atoms with Gasteiger partial charge in [0, 0.05) is 22.3 Å². The molecule has 2 aromatic carbocycles. The van der Waals surface area contributed by atoms with Crippen LogP contribution in [-0.2, 0) is 27.2 Å². The normalized spacial score (nSPS) is 28.3. The first kappa shape index (κ1) is 31.3. The van der Waals surface area contributed by atoms with Gasteiger partial charge in [0.05, 0.1) is 12.7 Å². The maximum absolute atomic E-state index is 14.4. The number of aliphatic hydroxyl groups is 3. The van der Waals surface area contributed by atoms with E-state index in [1.807, 2.05) is 37.3 Å². The van der Waals surface area contributed by atoms with E-state index < -0.39 is 56.8 Å². The largest absolute Gasteiger partial charge is 0.508 e. The Morgan fingerprint density at radius 2 is 1.80 bits per heavy atom. The Bertz CT molecular complexity index is 1710. The minimum atomic E-state index is -2.63. The number of benzene rings is 2. The van der Waals surface area contributed by atoms with E-state index in [9.17, 15) is 34.8 Å². The van der Waals surface area contributed by atoms with Crippen molar-refractivity contribution < 1.29 is 39.5 Å². The van der Waals surface area contributed by atoms with E-state index in [2.05, 4.69) is 0 Å². The first-order valence-corrected chi connectivity index (χ1v) is 14.9. The number of hydrogen-bond acceptors (Lipinski definition) is 8. The van der Waals surface area contributed by atoms with Crippen molar-refractivity contribution in [2.45, 2.75) is 66.4 Å². The number of fused-ring (bicyclic) bond motifs is 3. The molecule has 0 aliphatic heterocycles. The number of Topliss-reactive ketones (excluding diaryl/α,β-unsaturated/α-hetero) is 3. The zero-order chi connectivity index (χ0) is 32.5. The number of carbonyl (C=O) groups is 3. The van der Waals surface area contributed by atoms with Crippen LogP contribution in [0.1, 0.15) is 68.9 Å². The van der Waals surface area contributed by atoms with E-state index in [1.54, 1.807) is 40.9 Å². The summed E-state index contributed by atoms with van der Waals surface area (Å²) in [4.78, 5) is 40.6. The summed E-state index contributed by atoms with van der Waals surface area (Å²) in [6, 6.07) is 9.17. The lowest BCUT2D eigenvalue weighted by molar-refractivity contribution is -0.178. The van der Waals surface area contributed by atoms with Crippen molar-refractivity contribution in [1.82, 2.24) is 0 Å². The Kier molecular flexibility index (Phi) is 7.44. The summed E-state index contributed by atoms with van der Waals surface area (Å²) < 4.78 is 5.44. The molecule has 1 saturated carbocycles. The van der Waals surface area contributed by atoms with Gasteiger partial charge in [-0.25, -0.2) is 0 Å². The number of ether oxygens (including phenoxy) is 1. The number of methoxy groups -OCH3 is 1. The third kappa shape index (κ3) is 4.25. The van der Waals surface area contributed by atoms with Crippen molar-refractivity contribution in [3.63, 3.8) is 0 Å². The van der Waals surface area contributed by atoms with Gasteiger partial charge in [0.25, 0.3) is 0 Å². The van der Waals surface area contributed by atoms with Crippen molar-refractivity contribution in [2.75, 3.05) is 7.11 Å². The minimum Gasteiger partial charge on any atom is -0.508 e. The number of phenols is 1. The summed E-state index contributed by atoms with van der Waals surface area (Å²) >= 11 is 0. The number of aromatic hydroxyl groups is 1. The van der Waals surface area contributed by atoms with Crippen LogP contribution in [0, 0.1) is 29.6 Å². The molecule has 0 saturated heterocycles. The third-order valence-electron chi connectivity index (χ3n) is 10.0. The van der Waals surface area contributed by atoms with Crippen molar-refractivity contribution in [1.29, 1.82) is 0 Å². The smallest absolute Gasteiger partial charge is 0.203 e. The van der Waals surface area contributed by atoms with Crippen molar-refractivity contribution in [2.24, 2.45) is 22.7 Å². The third-order valence-corrected chi connectivity index (χ3v) is 10.0. The van der Waals surface area contributed by atoms with Crippen LogP contribution in [0.15, 0.2) is 53.3 Å². The average molecular weight is 601 g/mol. The van der Waals surface area contributed by atoms with Crippen LogP contribution >= 0.6 is 0 Å². The highest BCUT2D eigenvalue weighted by atomic mass is 16.5. The second kappa shape index (κ2) is 10.5. The highest BCUT2D eigenvalue weighted by Gasteiger charge is 2.72. The van der Waals surface area contributed by atoms with Gasteiger partial charge < -0.3 is 25.2 Å². The standard InChI is InChI=1S/C36H40O8/c1-18(2)28-30(39)26(20(4)37)32(41)36(43)33(42)29-31(40)27-23(16-34(29,5)17-35(28,36)6)22(13-14-24(27)38)10-8-9-21-12-11-19(3)25(15-21)44-7/h8,10-15,18,28,38,40-41,43H,9,16-17H2,1-7H3/b10-8-/t28?,34-,35-,36+/m1/s1. The highest BCUT2D eigenvalue weighted by molar-refractivity contribution is 6.24. The monoisotopic (exact) mass is 600 g/mol. The number of carbonyl (C=O) groups excluding carboxylic acids is 3. The maximum atomic E-state index is 14.4. The van der Waals surface area contributed by atoms with E-state index in [-0.39, 0.29) is 35.6 Å². The molecule has 3 aliphatic carbocycles. The summed E-state index contributed by atoms with van der Waals surface area (Å²) in [5, 5.41) is 46.1. The Morgan fingerprint density at radius 3 is 2.41 bits per heavy atom. The van der Waals surface area contributed by atoms with Crippen LogP contribution in [-0.4, -0.2) is 50.5 Å². The number of phenolic OH excluding ortho intramolecular Hbond substituents is 1. The summed E-state index contributed by atoms with van der Waals surface area (Å²) in [5.74, 6) is -4.55. The van der Waals surface area contributed by atoms with Gasteiger partial charge in [0.2, 0.25) is 5.78 Å². The molecule has 0 amide bonds. The SMILES string of the molecule is COc1cc(C/C=C\c2ccc(O)c3c2C[C@]2(C)C[C@]4(C)C(C(C)C)C(=O)C(C(C)=O)=C(O)[C@]4(O)C(=O)C2=C3O)ccc1C. The van der Waals surface area contributed by atoms with Gasteiger partial charge in [-0.1, -0.05) is 58.0 Å². The molecule has 8 nitrogen and oxygen atoms in total. The molecule has 0 radical (unpaired) electrons. The molecule has 2 aromatic rings. The van der Waals surface area contributed by atoms with Crippen LogP contribution in [0.5, 0.6) is 11.5 Å². The molecule has 1 unspecified atom stereocenters. The average Bonchev–Trinajstić information content (AvgIpc) is 2.92. The number of aliphatic hydroxyl groups excluding tert-OH is 2. The molecule has 8 heteroatoms. The zero-order valence-electron chi connectivity index (χ0n) is 26.2. The predicted octanol–water partition coefficient (Wildman–Crippen LogP) is 5.76. The molecule has 232 valence electrons. The van der Waals surface area contributed by atoms with Crippen LogP contribution in [0.3, 0.4) is 0 Å². The topological polar surface area (TPSA) is 141 Å². The lowest BCUT2D eigenvalue weighted by Crippen LogP contribution is -2.69. The lowest BCUT2D eigenvalue weighted by Gasteiger charge is -2.59. The lowest BCUT2D eigenvalue weighted by atomic mass is 9.43. The molecule has 0 aromatic heterocycles. The second-order valence-corrected chi connectivity index (χ2v) is 13.4. The molecule has 4 atom stereocenters. The Balaban J connectivity index is 1.66. The molecule has 1 fully saturated rings. The van der Waals surface area contributed by atoms with Crippen LogP contribution in [0.4, 0.5) is 0 Å². The molecule has 0 spiro atoms. The Labute approximate surface area is 257 Å². The summed E-state index contributed by atoms with van der Waals surface area (Å²) in [7, 11) is 1.63. The first-order valence-electron chi connectivity index (χ1n) is 14.9. The second-order valence-electron chi connectivity index (χ2n) is 13.4.